The van der Waals surface area contributed by atoms with Crippen LogP contribution in [-0.2, 0) is 9.16 Å². The van der Waals surface area contributed by atoms with Gasteiger partial charge in [0.15, 0.2) is 8.32 Å². The van der Waals surface area contributed by atoms with Crippen LogP contribution in [0.3, 0.4) is 0 Å². The quantitative estimate of drug-likeness (QED) is 0.418. The van der Waals surface area contributed by atoms with E-state index in [4.69, 9.17) is 9.16 Å². The Hall–Kier alpha value is -1.60. The van der Waals surface area contributed by atoms with Crippen LogP contribution in [0.2, 0.25) is 18.1 Å². The van der Waals surface area contributed by atoms with Crippen molar-refractivity contribution in [1.29, 1.82) is 0 Å². The van der Waals surface area contributed by atoms with Crippen molar-refractivity contribution >= 4 is 8.32 Å². The smallest absolute Gasteiger partial charge is 0.193 e. The van der Waals surface area contributed by atoms with Gasteiger partial charge < -0.3 is 9.16 Å². The lowest BCUT2D eigenvalue weighted by molar-refractivity contribution is -0.00182. The van der Waals surface area contributed by atoms with E-state index in [1.54, 1.807) is 0 Å². The van der Waals surface area contributed by atoms with E-state index in [0.717, 1.165) is 29.3 Å². The Morgan fingerprint density at radius 3 is 2.32 bits per heavy atom. The molecule has 3 heteroatoms. The molecule has 2 heterocycles. The van der Waals surface area contributed by atoms with Gasteiger partial charge in [0.2, 0.25) is 0 Å². The summed E-state index contributed by atoms with van der Waals surface area (Å²) in [5.41, 5.74) is 3.36. The van der Waals surface area contributed by atoms with Crippen LogP contribution in [0.25, 0.3) is 0 Å². The van der Waals surface area contributed by atoms with E-state index in [2.05, 4.69) is 51.7 Å². The van der Waals surface area contributed by atoms with Gasteiger partial charge >= 0.3 is 0 Å². The molecule has 3 rings (SSSR count). The van der Waals surface area contributed by atoms with Gasteiger partial charge in [-0.05, 0) is 42.8 Å². The zero-order valence-electron chi connectivity index (χ0n) is 15.7. The molecule has 0 radical (unpaired) electrons. The summed E-state index contributed by atoms with van der Waals surface area (Å²) in [5, 5.41) is 0. The van der Waals surface area contributed by atoms with E-state index >= 15 is 0 Å². The van der Waals surface area contributed by atoms with Gasteiger partial charge in [-0.2, -0.15) is 0 Å². The van der Waals surface area contributed by atoms with Crippen LogP contribution in [0, 0.1) is 11.8 Å². The van der Waals surface area contributed by atoms with Gasteiger partial charge in [0.1, 0.15) is 12.2 Å². The van der Waals surface area contributed by atoms with Crippen molar-refractivity contribution in [3.8, 4) is 11.8 Å². The fourth-order valence-corrected chi connectivity index (χ4v) is 6.54. The van der Waals surface area contributed by atoms with E-state index in [0.29, 0.717) is 0 Å². The number of ether oxygens (including phenoxy) is 1. The fraction of sp³-hybridized carbons (Fsp3) is 0.455. The topological polar surface area (TPSA) is 18.5 Å². The van der Waals surface area contributed by atoms with Gasteiger partial charge in [-0.15, -0.1) is 0 Å². The molecule has 2 aliphatic heterocycles. The first-order valence-electron chi connectivity index (χ1n) is 9.41. The maximum Gasteiger partial charge on any atom is 0.193 e. The number of hydrogen-bond acceptors (Lipinski definition) is 2. The maximum atomic E-state index is 6.79. The number of rotatable bonds is 5. The first-order valence-corrected chi connectivity index (χ1v) is 11.9. The molecule has 0 amide bonds. The summed E-state index contributed by atoms with van der Waals surface area (Å²) in [4.78, 5) is 0. The molecule has 0 spiro atoms. The van der Waals surface area contributed by atoms with Crippen molar-refractivity contribution in [2.75, 3.05) is 0 Å². The summed E-state index contributed by atoms with van der Waals surface area (Å²) in [6.07, 6.45) is 4.35. The van der Waals surface area contributed by atoms with E-state index in [9.17, 15) is 0 Å². The Bertz CT molecular complexity index is 711. The Labute approximate surface area is 153 Å². The van der Waals surface area contributed by atoms with E-state index < -0.39 is 8.32 Å². The average molecular weight is 353 g/mol. The van der Waals surface area contributed by atoms with Crippen LogP contribution >= 0.6 is 0 Å². The van der Waals surface area contributed by atoms with Crippen molar-refractivity contribution < 1.29 is 9.16 Å². The van der Waals surface area contributed by atoms with Crippen molar-refractivity contribution in [1.82, 2.24) is 0 Å². The lowest BCUT2D eigenvalue weighted by Crippen LogP contribution is -2.46. The summed E-state index contributed by atoms with van der Waals surface area (Å²) < 4.78 is 13.0. The Morgan fingerprint density at radius 1 is 1.00 bits per heavy atom. The minimum atomic E-state index is -1.70. The van der Waals surface area contributed by atoms with Gasteiger partial charge in [0.25, 0.3) is 0 Å². The first-order chi connectivity index (χ1) is 12.1. The second kappa shape index (κ2) is 7.74. The molecule has 25 heavy (non-hydrogen) atoms. The van der Waals surface area contributed by atoms with Gasteiger partial charge in [0.05, 0.1) is 6.10 Å². The third kappa shape index (κ3) is 3.67. The molecule has 1 aromatic carbocycles. The Morgan fingerprint density at radius 2 is 1.68 bits per heavy atom. The molecule has 1 aromatic rings. The number of benzene rings is 1. The predicted octanol–water partition coefficient (Wildman–Crippen LogP) is 5.08. The maximum absolute atomic E-state index is 6.79. The van der Waals surface area contributed by atoms with Gasteiger partial charge in [-0.3, -0.25) is 0 Å². The average Bonchev–Trinajstić information content (AvgIpc) is 3.09. The molecule has 0 saturated heterocycles. The van der Waals surface area contributed by atoms with Crippen molar-refractivity contribution in [2.45, 2.75) is 64.1 Å². The normalized spacial score (nSPS) is 25.0. The standard InChI is InChI=1S/C22H28O2Si/c1-5-25(6-2,7-3)24-22-17(4)19(20-15-16-21(22)23-20)14-13-18-11-9-8-10-12-18/h8-12,15-16,20-22H,5-7H2,1-4H3/t20-,21+,22+/m1/s1. The molecule has 0 N–H and O–H groups in total. The highest BCUT2D eigenvalue weighted by Gasteiger charge is 2.42. The van der Waals surface area contributed by atoms with Gasteiger partial charge in [0, 0.05) is 11.1 Å². The SMILES string of the molecule is CC[Si](CC)(CC)O[C@H]1C(C)=C(C#Cc2ccccc2)[C@H]2C=C[C@@H]1O2. The molecule has 0 fully saturated rings. The van der Waals surface area contributed by atoms with Gasteiger partial charge in [-0.25, -0.2) is 0 Å². The van der Waals surface area contributed by atoms with Crippen LogP contribution in [0.5, 0.6) is 0 Å². The second-order valence-electron chi connectivity index (χ2n) is 6.90. The van der Waals surface area contributed by atoms with E-state index in [-0.39, 0.29) is 18.3 Å². The van der Waals surface area contributed by atoms with Crippen molar-refractivity contribution in [3.63, 3.8) is 0 Å². The Kier molecular flexibility index (Phi) is 5.63. The molecular formula is C22H28O2Si. The molecule has 3 atom stereocenters. The molecule has 2 aliphatic rings. The summed E-state index contributed by atoms with van der Waals surface area (Å²) in [6.45, 7) is 8.98. The third-order valence-electron chi connectivity index (χ3n) is 5.64. The van der Waals surface area contributed by atoms with E-state index in [1.807, 2.05) is 30.3 Å². The van der Waals surface area contributed by atoms with Crippen LogP contribution in [0.4, 0.5) is 0 Å². The lowest BCUT2D eigenvalue weighted by Gasteiger charge is -2.39. The summed E-state index contributed by atoms with van der Waals surface area (Å²) in [6, 6.07) is 13.6. The predicted molar refractivity (Wildman–Crippen MR) is 106 cm³/mol. The van der Waals surface area contributed by atoms with Crippen molar-refractivity contribution in [2.24, 2.45) is 0 Å². The summed E-state index contributed by atoms with van der Waals surface area (Å²) in [5.74, 6) is 6.66. The minimum Gasteiger partial charge on any atom is -0.407 e. The molecule has 2 nitrogen and oxygen atoms in total. The lowest BCUT2D eigenvalue weighted by atomic mass is 9.97. The number of hydrogen-bond donors (Lipinski definition) is 0. The fourth-order valence-electron chi connectivity index (χ4n) is 3.69. The second-order valence-corrected chi connectivity index (χ2v) is 11.6. The number of fused-ring (bicyclic) bond motifs is 2. The first kappa shape index (κ1) is 18.2. The molecule has 0 saturated carbocycles. The van der Waals surface area contributed by atoms with Crippen LogP contribution in [0.1, 0.15) is 33.3 Å². The van der Waals surface area contributed by atoms with Crippen LogP contribution < -0.4 is 0 Å². The molecule has 0 unspecified atom stereocenters. The van der Waals surface area contributed by atoms with Crippen LogP contribution in [0.15, 0.2) is 53.6 Å². The highest BCUT2D eigenvalue weighted by Crippen LogP contribution is 2.37. The molecule has 2 bridgehead atoms. The highest BCUT2D eigenvalue weighted by molar-refractivity contribution is 6.73. The van der Waals surface area contributed by atoms with Crippen molar-refractivity contribution in [3.05, 3.63) is 59.2 Å². The zero-order chi connectivity index (χ0) is 17.9. The Balaban J connectivity index is 1.92. The van der Waals surface area contributed by atoms with Gasteiger partial charge in [-0.1, -0.05) is 63.0 Å². The molecule has 0 aromatic heterocycles. The van der Waals surface area contributed by atoms with E-state index in [1.165, 1.54) is 5.57 Å². The third-order valence-corrected chi connectivity index (χ3v) is 10.3. The molecule has 132 valence electrons. The van der Waals surface area contributed by atoms with Crippen LogP contribution in [-0.4, -0.2) is 26.6 Å². The molecular weight excluding hydrogens is 324 g/mol. The summed E-state index contributed by atoms with van der Waals surface area (Å²) >= 11 is 0. The summed E-state index contributed by atoms with van der Waals surface area (Å²) in [7, 11) is -1.70. The zero-order valence-corrected chi connectivity index (χ0v) is 16.7. The monoisotopic (exact) mass is 352 g/mol. The largest absolute Gasteiger partial charge is 0.407 e. The molecule has 0 aliphatic carbocycles. The highest BCUT2D eigenvalue weighted by atomic mass is 28.4. The minimum absolute atomic E-state index is 0.0120.